The molecule has 92 valence electrons. The summed E-state index contributed by atoms with van der Waals surface area (Å²) in [7, 11) is 0. The molecule has 1 N–H and O–H groups in total. The number of nitrogens with zero attached hydrogens (tertiary/aromatic N) is 3. The van der Waals surface area contributed by atoms with E-state index < -0.39 is 0 Å². The van der Waals surface area contributed by atoms with Crippen molar-refractivity contribution in [3.63, 3.8) is 0 Å². The Morgan fingerprint density at radius 3 is 2.78 bits per heavy atom. The summed E-state index contributed by atoms with van der Waals surface area (Å²) in [4.78, 5) is 20.4. The lowest BCUT2D eigenvalue weighted by Gasteiger charge is -2.10. The molecule has 0 fully saturated rings. The molecule has 3 rings (SSSR count). The Bertz CT molecular complexity index is 682. The summed E-state index contributed by atoms with van der Waals surface area (Å²) < 4.78 is 2.10. The van der Waals surface area contributed by atoms with Gasteiger partial charge >= 0.3 is 0 Å². The minimum atomic E-state index is -0.151. The van der Waals surface area contributed by atoms with Gasteiger partial charge in [-0.1, -0.05) is 0 Å². The summed E-state index contributed by atoms with van der Waals surface area (Å²) in [6, 6.07) is 0.312. The maximum atomic E-state index is 11.6. The summed E-state index contributed by atoms with van der Waals surface area (Å²) in [5.74, 6) is 1.11. The van der Waals surface area contributed by atoms with Gasteiger partial charge in [-0.2, -0.15) is 0 Å². The maximum absolute atomic E-state index is 11.6. The molecule has 0 radical (unpaired) electrons. The van der Waals surface area contributed by atoms with E-state index in [0.29, 0.717) is 17.7 Å². The molecule has 0 aliphatic carbocycles. The van der Waals surface area contributed by atoms with Gasteiger partial charge in [0.1, 0.15) is 17.3 Å². The molecule has 0 unspecified atom stereocenters. The van der Waals surface area contributed by atoms with E-state index in [9.17, 15) is 4.79 Å². The molecular formula is C13H14N4O. The minimum Gasteiger partial charge on any atom is -0.329 e. The second-order valence-electron chi connectivity index (χ2n) is 4.73. The van der Waals surface area contributed by atoms with Crippen molar-refractivity contribution < 1.29 is 4.79 Å². The molecule has 5 heteroatoms. The fraction of sp³-hybridized carbons (Fsp3) is 0.308. The van der Waals surface area contributed by atoms with E-state index >= 15 is 0 Å². The van der Waals surface area contributed by atoms with Crippen LogP contribution in [-0.2, 0) is 4.79 Å². The molecule has 1 aliphatic rings. The minimum absolute atomic E-state index is 0.151. The van der Waals surface area contributed by atoms with Gasteiger partial charge in [0.25, 0.3) is 0 Å². The van der Waals surface area contributed by atoms with Crippen LogP contribution < -0.4 is 5.32 Å². The van der Waals surface area contributed by atoms with E-state index in [0.717, 1.165) is 16.6 Å². The molecule has 0 atom stereocenters. The first-order valence-electron chi connectivity index (χ1n) is 5.94. The van der Waals surface area contributed by atoms with Crippen molar-refractivity contribution in [3.05, 3.63) is 23.7 Å². The highest BCUT2D eigenvalue weighted by molar-refractivity contribution is 6.11. The topological polar surface area (TPSA) is 59.8 Å². The van der Waals surface area contributed by atoms with Crippen LogP contribution in [-0.4, -0.2) is 20.4 Å². The van der Waals surface area contributed by atoms with Crippen LogP contribution in [0.3, 0.4) is 0 Å². The zero-order valence-corrected chi connectivity index (χ0v) is 10.6. The maximum Gasteiger partial charge on any atom is 0.249 e. The molecule has 0 saturated heterocycles. The summed E-state index contributed by atoms with van der Waals surface area (Å²) in [6.45, 7) is 6.04. The molecule has 0 spiro atoms. The highest BCUT2D eigenvalue weighted by Crippen LogP contribution is 2.31. The molecule has 5 nitrogen and oxygen atoms in total. The first-order valence-corrected chi connectivity index (χ1v) is 5.94. The second-order valence-corrected chi connectivity index (χ2v) is 4.73. The van der Waals surface area contributed by atoms with Crippen molar-refractivity contribution in [2.75, 3.05) is 5.32 Å². The number of hydrogen-bond acceptors (Lipinski definition) is 3. The molecule has 18 heavy (non-hydrogen) atoms. The fourth-order valence-electron chi connectivity index (χ4n) is 2.22. The van der Waals surface area contributed by atoms with Gasteiger partial charge in [0, 0.05) is 23.9 Å². The highest BCUT2D eigenvalue weighted by Gasteiger charge is 2.19. The lowest BCUT2D eigenvalue weighted by atomic mass is 10.2. The van der Waals surface area contributed by atoms with Gasteiger partial charge in [0.2, 0.25) is 5.91 Å². The first kappa shape index (κ1) is 11.0. The summed E-state index contributed by atoms with van der Waals surface area (Å²) in [5, 5.41) is 3.70. The molecule has 0 saturated carbocycles. The predicted molar refractivity (Wildman–Crippen MR) is 70.3 cm³/mol. The Labute approximate surface area is 105 Å². The smallest absolute Gasteiger partial charge is 0.249 e. The first-order chi connectivity index (χ1) is 8.56. The number of amides is 1. The van der Waals surface area contributed by atoms with Crippen LogP contribution in [0.2, 0.25) is 0 Å². The van der Waals surface area contributed by atoms with Gasteiger partial charge in [-0.3, -0.25) is 4.79 Å². The third-order valence-electron chi connectivity index (χ3n) is 3.03. The van der Waals surface area contributed by atoms with E-state index in [1.165, 1.54) is 6.08 Å². The van der Waals surface area contributed by atoms with Crippen molar-refractivity contribution in [2.24, 2.45) is 0 Å². The Kier molecular flexibility index (Phi) is 2.23. The molecule has 1 amide bonds. The van der Waals surface area contributed by atoms with E-state index in [1.807, 2.05) is 19.2 Å². The third kappa shape index (κ3) is 1.51. The average molecular weight is 242 g/mol. The molecule has 3 heterocycles. The van der Waals surface area contributed by atoms with Gasteiger partial charge in [-0.15, -0.1) is 0 Å². The molecule has 0 bridgehead atoms. The van der Waals surface area contributed by atoms with Crippen LogP contribution in [0.4, 0.5) is 5.82 Å². The van der Waals surface area contributed by atoms with Crippen LogP contribution in [0.1, 0.15) is 31.3 Å². The van der Waals surface area contributed by atoms with Crippen molar-refractivity contribution >= 4 is 28.8 Å². The zero-order chi connectivity index (χ0) is 12.9. The zero-order valence-electron chi connectivity index (χ0n) is 10.6. The van der Waals surface area contributed by atoms with Crippen molar-refractivity contribution in [3.8, 4) is 0 Å². The normalized spacial score (nSPS) is 14.1. The molecule has 1 aliphatic heterocycles. The number of hydrogen-bond donors (Lipinski definition) is 1. The van der Waals surface area contributed by atoms with E-state index in [1.54, 1.807) is 0 Å². The van der Waals surface area contributed by atoms with E-state index in [2.05, 4.69) is 33.7 Å². The second kappa shape index (κ2) is 3.66. The van der Waals surface area contributed by atoms with E-state index in [4.69, 9.17) is 0 Å². The van der Waals surface area contributed by atoms with Crippen molar-refractivity contribution in [1.82, 2.24) is 14.5 Å². The average Bonchev–Trinajstić information content (AvgIpc) is 2.56. The van der Waals surface area contributed by atoms with Gasteiger partial charge in [0.05, 0.1) is 5.39 Å². The molecular weight excluding hydrogens is 228 g/mol. The van der Waals surface area contributed by atoms with E-state index in [-0.39, 0.29) is 5.91 Å². The SMILES string of the molecule is Cc1nc2c3c(cn(C(C)C)c3n1)C=CC(=O)N2. The van der Waals surface area contributed by atoms with Crippen LogP contribution in [0.5, 0.6) is 0 Å². The Hall–Kier alpha value is -2.17. The number of aryl methyl sites for hydroxylation is 1. The largest absolute Gasteiger partial charge is 0.329 e. The predicted octanol–water partition coefficient (Wildman–Crippen LogP) is 2.29. The van der Waals surface area contributed by atoms with Crippen molar-refractivity contribution in [1.29, 1.82) is 0 Å². The van der Waals surface area contributed by atoms with Crippen LogP contribution in [0, 0.1) is 6.92 Å². The lowest BCUT2D eigenvalue weighted by molar-refractivity contribution is -0.111. The Morgan fingerprint density at radius 2 is 2.06 bits per heavy atom. The highest BCUT2D eigenvalue weighted by atomic mass is 16.1. The summed E-state index contributed by atoms with van der Waals surface area (Å²) in [6.07, 6.45) is 5.35. The molecule has 0 aromatic carbocycles. The lowest BCUT2D eigenvalue weighted by Crippen LogP contribution is -2.10. The number of nitrogens with one attached hydrogen (secondary N) is 1. The van der Waals surface area contributed by atoms with Crippen LogP contribution >= 0.6 is 0 Å². The quantitative estimate of drug-likeness (QED) is 0.834. The Balaban J connectivity index is 2.42. The molecule has 2 aromatic rings. The summed E-state index contributed by atoms with van der Waals surface area (Å²) >= 11 is 0. The standard InChI is InChI=1S/C13H14N4O/c1-7(2)17-6-9-4-5-10(18)16-12-11(9)13(17)15-8(3)14-12/h4-7H,1-3H3,(H,14,15,16,18). The van der Waals surface area contributed by atoms with Gasteiger partial charge in [-0.05, 0) is 26.8 Å². The number of rotatable bonds is 1. The fourth-order valence-corrected chi connectivity index (χ4v) is 2.22. The number of anilines is 1. The summed E-state index contributed by atoms with van der Waals surface area (Å²) in [5.41, 5.74) is 1.85. The van der Waals surface area contributed by atoms with Crippen LogP contribution in [0.25, 0.3) is 17.1 Å². The van der Waals surface area contributed by atoms with Crippen LogP contribution in [0.15, 0.2) is 12.3 Å². The Morgan fingerprint density at radius 1 is 1.28 bits per heavy atom. The van der Waals surface area contributed by atoms with Crippen molar-refractivity contribution in [2.45, 2.75) is 26.8 Å². The molecule has 2 aromatic heterocycles. The van der Waals surface area contributed by atoms with Gasteiger partial charge < -0.3 is 9.88 Å². The number of carbonyl (C=O) groups is 1. The third-order valence-corrected chi connectivity index (χ3v) is 3.03. The number of carbonyl (C=O) groups excluding carboxylic acids is 1. The monoisotopic (exact) mass is 242 g/mol. The van der Waals surface area contributed by atoms with Gasteiger partial charge in [-0.25, -0.2) is 9.97 Å². The van der Waals surface area contributed by atoms with Gasteiger partial charge in [0.15, 0.2) is 0 Å². The number of aromatic nitrogens is 3.